The highest BCUT2D eigenvalue weighted by molar-refractivity contribution is 14.1. The van der Waals surface area contributed by atoms with Crippen molar-refractivity contribution < 1.29 is 0 Å². The molecule has 0 saturated heterocycles. The zero-order valence-corrected chi connectivity index (χ0v) is 8.99. The molecule has 0 aliphatic heterocycles. The van der Waals surface area contributed by atoms with Gasteiger partial charge in [0.05, 0.1) is 3.57 Å². The number of nitrogens with two attached hydrogens (primary N) is 1. The van der Waals surface area contributed by atoms with Gasteiger partial charge in [0.1, 0.15) is 0 Å². The molecule has 0 atom stereocenters. The zero-order valence-electron chi connectivity index (χ0n) is 6.83. The van der Waals surface area contributed by atoms with Gasteiger partial charge in [0.15, 0.2) is 5.82 Å². The van der Waals surface area contributed by atoms with Gasteiger partial charge in [0.25, 0.3) is 0 Å². The van der Waals surface area contributed by atoms with Gasteiger partial charge in [-0.2, -0.15) is 5.10 Å². The third-order valence-corrected chi connectivity index (χ3v) is 3.24. The first-order valence-electron chi connectivity index (χ1n) is 4.24. The normalized spacial score (nSPS) is 17.8. The molecule has 0 bridgehead atoms. The number of anilines is 1. The van der Waals surface area contributed by atoms with E-state index in [0.717, 1.165) is 16.0 Å². The van der Waals surface area contributed by atoms with Crippen molar-refractivity contribution in [3.8, 4) is 0 Å². The van der Waals surface area contributed by atoms with Gasteiger partial charge in [-0.05, 0) is 41.4 Å². The Morgan fingerprint density at radius 3 is 2.83 bits per heavy atom. The summed E-state index contributed by atoms with van der Waals surface area (Å²) in [5.41, 5.74) is 5.64. The highest BCUT2D eigenvalue weighted by Crippen LogP contribution is 2.28. The molecule has 3 nitrogen and oxygen atoms in total. The lowest BCUT2D eigenvalue weighted by Crippen LogP contribution is -2.18. The van der Waals surface area contributed by atoms with Crippen LogP contribution >= 0.6 is 22.6 Å². The molecule has 1 fully saturated rings. The summed E-state index contributed by atoms with van der Waals surface area (Å²) in [4.78, 5) is 0. The Kier molecular flexibility index (Phi) is 2.25. The van der Waals surface area contributed by atoms with Crippen molar-refractivity contribution in [3.63, 3.8) is 0 Å². The van der Waals surface area contributed by atoms with Crippen LogP contribution < -0.4 is 5.73 Å². The summed E-state index contributed by atoms with van der Waals surface area (Å²) in [5, 5.41) is 4.22. The van der Waals surface area contributed by atoms with E-state index in [4.69, 9.17) is 5.73 Å². The van der Waals surface area contributed by atoms with Gasteiger partial charge in [-0.25, -0.2) is 0 Å². The van der Waals surface area contributed by atoms with Gasteiger partial charge in [-0.3, -0.25) is 4.68 Å². The van der Waals surface area contributed by atoms with Gasteiger partial charge in [0, 0.05) is 12.7 Å². The van der Waals surface area contributed by atoms with Crippen LogP contribution in [0.4, 0.5) is 5.82 Å². The second-order valence-electron chi connectivity index (χ2n) is 3.38. The largest absolute Gasteiger partial charge is 0.381 e. The van der Waals surface area contributed by atoms with Crippen LogP contribution in [0, 0.1) is 9.49 Å². The number of hydrogen-bond acceptors (Lipinski definition) is 2. The highest BCUT2D eigenvalue weighted by atomic mass is 127. The van der Waals surface area contributed by atoms with Crippen LogP contribution in [0.1, 0.15) is 19.3 Å². The van der Waals surface area contributed by atoms with E-state index in [-0.39, 0.29) is 0 Å². The molecule has 1 saturated carbocycles. The fourth-order valence-corrected chi connectivity index (χ4v) is 1.87. The van der Waals surface area contributed by atoms with Gasteiger partial charge >= 0.3 is 0 Å². The molecule has 0 unspecified atom stereocenters. The maximum Gasteiger partial charge on any atom is 0.158 e. The van der Waals surface area contributed by atoms with Crippen LogP contribution in [0.3, 0.4) is 0 Å². The van der Waals surface area contributed by atoms with E-state index < -0.39 is 0 Å². The Hall–Kier alpha value is -0.260. The van der Waals surface area contributed by atoms with E-state index in [1.165, 1.54) is 19.3 Å². The van der Waals surface area contributed by atoms with Crippen molar-refractivity contribution in [1.82, 2.24) is 9.78 Å². The molecule has 66 valence electrons. The first-order chi connectivity index (χ1) is 5.75. The summed E-state index contributed by atoms with van der Waals surface area (Å²) in [5.74, 6) is 1.51. The molecule has 2 rings (SSSR count). The highest BCUT2D eigenvalue weighted by Gasteiger charge is 2.18. The molecule has 1 aliphatic carbocycles. The van der Waals surface area contributed by atoms with Crippen LogP contribution in [-0.2, 0) is 6.54 Å². The van der Waals surface area contributed by atoms with Crippen LogP contribution in [0.15, 0.2) is 6.20 Å². The number of nitrogen functional groups attached to an aromatic ring is 1. The Bertz CT molecular complexity index is 258. The summed E-state index contributed by atoms with van der Waals surface area (Å²) >= 11 is 2.21. The minimum atomic E-state index is 0.662. The summed E-state index contributed by atoms with van der Waals surface area (Å²) in [6, 6.07) is 0. The average molecular weight is 277 g/mol. The van der Waals surface area contributed by atoms with Crippen molar-refractivity contribution in [2.24, 2.45) is 5.92 Å². The number of aromatic nitrogens is 2. The van der Waals surface area contributed by atoms with Gasteiger partial charge in [-0.1, -0.05) is 6.42 Å². The van der Waals surface area contributed by atoms with E-state index in [0.29, 0.717) is 5.82 Å². The fraction of sp³-hybridized carbons (Fsp3) is 0.625. The van der Waals surface area contributed by atoms with Crippen LogP contribution in [0.2, 0.25) is 0 Å². The summed E-state index contributed by atoms with van der Waals surface area (Å²) in [6.07, 6.45) is 6.12. The maximum atomic E-state index is 5.64. The third-order valence-electron chi connectivity index (χ3n) is 2.41. The second-order valence-corrected chi connectivity index (χ2v) is 4.54. The average Bonchev–Trinajstić information content (AvgIpc) is 2.24. The van der Waals surface area contributed by atoms with E-state index >= 15 is 0 Å². The van der Waals surface area contributed by atoms with E-state index in [1.54, 1.807) is 0 Å². The molecule has 1 heterocycles. The molecular formula is C8H12IN3. The van der Waals surface area contributed by atoms with Crippen molar-refractivity contribution in [3.05, 3.63) is 9.77 Å². The molecule has 12 heavy (non-hydrogen) atoms. The number of rotatable bonds is 2. The summed E-state index contributed by atoms with van der Waals surface area (Å²) < 4.78 is 3.04. The molecule has 1 aliphatic rings. The summed E-state index contributed by atoms with van der Waals surface area (Å²) in [6.45, 7) is 1.05. The lowest BCUT2D eigenvalue weighted by atomic mass is 9.85. The van der Waals surface area contributed by atoms with Crippen LogP contribution in [-0.4, -0.2) is 9.78 Å². The summed E-state index contributed by atoms with van der Waals surface area (Å²) in [7, 11) is 0. The molecule has 4 heteroatoms. The number of nitrogens with zero attached hydrogens (tertiary/aromatic N) is 2. The molecule has 1 aromatic rings. The first kappa shape index (κ1) is 8.34. The smallest absolute Gasteiger partial charge is 0.158 e. The van der Waals surface area contributed by atoms with Crippen molar-refractivity contribution in [2.75, 3.05) is 5.73 Å². The lowest BCUT2D eigenvalue weighted by molar-refractivity contribution is 0.267. The Morgan fingerprint density at radius 2 is 2.42 bits per heavy atom. The predicted molar refractivity (Wildman–Crippen MR) is 56.7 cm³/mol. The van der Waals surface area contributed by atoms with Crippen LogP contribution in [0.25, 0.3) is 0 Å². The molecule has 0 amide bonds. The maximum absolute atomic E-state index is 5.64. The fourth-order valence-electron chi connectivity index (χ4n) is 1.45. The zero-order chi connectivity index (χ0) is 8.55. The predicted octanol–water partition coefficient (Wildman–Crippen LogP) is 1.87. The first-order valence-corrected chi connectivity index (χ1v) is 5.32. The number of hydrogen-bond donors (Lipinski definition) is 1. The minimum absolute atomic E-state index is 0.662. The molecule has 1 aromatic heterocycles. The molecule has 0 spiro atoms. The van der Waals surface area contributed by atoms with Crippen molar-refractivity contribution in [2.45, 2.75) is 25.8 Å². The lowest BCUT2D eigenvalue weighted by Gasteiger charge is -2.24. The second kappa shape index (κ2) is 3.24. The molecular weight excluding hydrogens is 265 g/mol. The van der Waals surface area contributed by atoms with E-state index in [9.17, 15) is 0 Å². The van der Waals surface area contributed by atoms with Gasteiger partial charge < -0.3 is 5.73 Å². The van der Waals surface area contributed by atoms with E-state index in [2.05, 4.69) is 27.7 Å². The minimum Gasteiger partial charge on any atom is -0.381 e. The molecule has 0 radical (unpaired) electrons. The third kappa shape index (κ3) is 1.57. The Labute approximate surface area is 85.5 Å². The topological polar surface area (TPSA) is 43.8 Å². The van der Waals surface area contributed by atoms with Gasteiger partial charge in [0.2, 0.25) is 0 Å². The van der Waals surface area contributed by atoms with E-state index in [1.807, 2.05) is 10.9 Å². The SMILES string of the molecule is Nc1nn(CC2CCC2)cc1I. The molecule has 0 aromatic carbocycles. The van der Waals surface area contributed by atoms with Crippen molar-refractivity contribution >= 4 is 28.4 Å². The van der Waals surface area contributed by atoms with Crippen molar-refractivity contribution in [1.29, 1.82) is 0 Å². The standard InChI is InChI=1S/C8H12IN3/c9-7-5-12(11-8(7)10)4-6-2-1-3-6/h5-6H,1-4H2,(H2,10,11). The number of halogens is 1. The quantitative estimate of drug-likeness (QED) is 0.839. The molecule has 2 N–H and O–H groups in total. The van der Waals surface area contributed by atoms with Crippen LogP contribution in [0.5, 0.6) is 0 Å². The Morgan fingerprint density at radius 1 is 1.67 bits per heavy atom. The Balaban J connectivity index is 2.02. The van der Waals surface area contributed by atoms with Gasteiger partial charge in [-0.15, -0.1) is 0 Å². The monoisotopic (exact) mass is 277 g/mol.